The van der Waals surface area contributed by atoms with Gasteiger partial charge in [0.25, 0.3) is 0 Å². The molecule has 3 rings (SSSR count). The number of hydrogen-bond donors (Lipinski definition) is 1. The Labute approximate surface area is 169 Å². The van der Waals surface area contributed by atoms with Crippen LogP contribution in [0.4, 0.5) is 0 Å². The molecule has 0 radical (unpaired) electrons. The van der Waals surface area contributed by atoms with Crippen molar-refractivity contribution in [3.05, 3.63) is 88.0 Å². The number of pyridine rings is 1. The Morgan fingerprint density at radius 2 is 1.63 bits per heavy atom. The quantitative estimate of drug-likeness (QED) is 0.503. The van der Waals surface area contributed by atoms with Crippen LogP contribution in [0.3, 0.4) is 0 Å². The molecule has 140 valence electrons. The molecule has 27 heavy (non-hydrogen) atoms. The molecule has 0 amide bonds. The van der Waals surface area contributed by atoms with Crippen molar-refractivity contribution >= 4 is 23.2 Å². The first-order chi connectivity index (χ1) is 13.2. The summed E-state index contributed by atoms with van der Waals surface area (Å²) in [6.07, 6.45) is 1.71. The number of ether oxygens (including phenoxy) is 2. The van der Waals surface area contributed by atoms with Crippen molar-refractivity contribution in [2.45, 2.75) is 13.2 Å². The molecule has 2 aromatic carbocycles. The zero-order chi connectivity index (χ0) is 18.9. The van der Waals surface area contributed by atoms with Crippen molar-refractivity contribution in [2.75, 3.05) is 13.2 Å². The highest BCUT2D eigenvalue weighted by Gasteiger charge is 2.06. The summed E-state index contributed by atoms with van der Waals surface area (Å²) in [7, 11) is 0. The third-order valence-corrected chi connectivity index (χ3v) is 4.57. The van der Waals surface area contributed by atoms with E-state index in [1.807, 2.05) is 48.5 Å². The molecule has 3 aromatic rings. The van der Waals surface area contributed by atoms with Gasteiger partial charge in [0.1, 0.15) is 19.0 Å². The van der Waals surface area contributed by atoms with E-state index >= 15 is 0 Å². The van der Waals surface area contributed by atoms with Crippen LogP contribution >= 0.6 is 23.2 Å². The van der Waals surface area contributed by atoms with Crippen molar-refractivity contribution in [1.29, 1.82) is 0 Å². The molecular formula is C21H20Cl2N2O2. The average Bonchev–Trinajstić information content (AvgIpc) is 2.69. The normalized spacial score (nSPS) is 10.6. The number of halogens is 2. The van der Waals surface area contributed by atoms with Gasteiger partial charge in [-0.05, 0) is 35.9 Å². The second-order valence-corrected chi connectivity index (χ2v) is 6.64. The van der Waals surface area contributed by atoms with Gasteiger partial charge in [0.05, 0.1) is 0 Å². The zero-order valence-corrected chi connectivity index (χ0v) is 16.2. The maximum absolute atomic E-state index is 6.16. The lowest BCUT2D eigenvalue weighted by Gasteiger charge is -2.10. The van der Waals surface area contributed by atoms with E-state index in [2.05, 4.69) is 10.3 Å². The molecule has 0 aliphatic carbocycles. The number of nitrogens with zero attached hydrogens (tertiary/aromatic N) is 1. The van der Waals surface area contributed by atoms with E-state index in [9.17, 15) is 0 Å². The summed E-state index contributed by atoms with van der Waals surface area (Å²) in [5.74, 6) is 1.41. The first kappa shape index (κ1) is 19.5. The molecule has 0 saturated heterocycles. The first-order valence-corrected chi connectivity index (χ1v) is 9.37. The fourth-order valence-corrected chi connectivity index (χ4v) is 2.93. The molecule has 0 atom stereocenters. The van der Waals surface area contributed by atoms with E-state index in [1.165, 1.54) is 0 Å². The molecule has 1 N–H and O–H groups in total. The topological polar surface area (TPSA) is 43.4 Å². The predicted molar refractivity (Wildman–Crippen MR) is 109 cm³/mol. The lowest BCUT2D eigenvalue weighted by atomic mass is 10.2. The molecule has 0 fully saturated rings. The minimum atomic E-state index is 0.334. The van der Waals surface area contributed by atoms with Gasteiger partial charge in [0, 0.05) is 41.0 Å². The van der Waals surface area contributed by atoms with Crippen molar-refractivity contribution in [3.8, 4) is 11.6 Å². The van der Waals surface area contributed by atoms with E-state index in [0.717, 1.165) is 30.0 Å². The molecule has 0 saturated carbocycles. The smallest absolute Gasteiger partial charge is 0.213 e. The standard InChI is InChI=1S/C21H20Cl2N2O2/c22-19-4-3-5-20(23)18(19)15-27-17-9-7-16(8-10-17)14-24-12-13-26-21-6-1-2-11-25-21/h1-11,24H,12-15H2. The number of rotatable bonds is 9. The fraction of sp³-hybridized carbons (Fsp3) is 0.190. The average molecular weight is 403 g/mol. The van der Waals surface area contributed by atoms with Gasteiger partial charge in [-0.3, -0.25) is 0 Å². The van der Waals surface area contributed by atoms with Gasteiger partial charge in [-0.1, -0.05) is 47.5 Å². The Morgan fingerprint density at radius 1 is 0.852 bits per heavy atom. The summed E-state index contributed by atoms with van der Waals surface area (Å²) in [5.41, 5.74) is 1.95. The van der Waals surface area contributed by atoms with Crippen LogP contribution in [0.5, 0.6) is 11.6 Å². The summed E-state index contributed by atoms with van der Waals surface area (Å²) in [5, 5.41) is 4.55. The Balaban J connectivity index is 1.39. The Bertz CT molecular complexity index is 822. The summed E-state index contributed by atoms with van der Waals surface area (Å²) in [4.78, 5) is 4.11. The van der Waals surface area contributed by atoms with Gasteiger partial charge in [-0.2, -0.15) is 0 Å². The monoisotopic (exact) mass is 402 g/mol. The molecule has 0 aliphatic heterocycles. The number of hydrogen-bond acceptors (Lipinski definition) is 4. The van der Waals surface area contributed by atoms with E-state index in [-0.39, 0.29) is 0 Å². The van der Waals surface area contributed by atoms with E-state index in [1.54, 1.807) is 18.3 Å². The second kappa shape index (κ2) is 10.2. The Morgan fingerprint density at radius 3 is 2.33 bits per heavy atom. The molecule has 0 aliphatic rings. The molecule has 0 unspecified atom stereocenters. The SMILES string of the molecule is Clc1cccc(Cl)c1COc1ccc(CNCCOc2ccccn2)cc1. The maximum atomic E-state index is 6.16. The zero-order valence-electron chi connectivity index (χ0n) is 14.7. The molecule has 6 heteroatoms. The van der Waals surface area contributed by atoms with Crippen LogP contribution in [0.25, 0.3) is 0 Å². The van der Waals surface area contributed by atoms with E-state index in [4.69, 9.17) is 32.7 Å². The fourth-order valence-electron chi connectivity index (χ4n) is 2.42. The highest BCUT2D eigenvalue weighted by atomic mass is 35.5. The Hall–Kier alpha value is -2.27. The van der Waals surface area contributed by atoms with Gasteiger partial charge in [-0.15, -0.1) is 0 Å². The minimum Gasteiger partial charge on any atom is -0.489 e. The van der Waals surface area contributed by atoms with Crippen LogP contribution in [-0.2, 0) is 13.2 Å². The van der Waals surface area contributed by atoms with Crippen LogP contribution in [0, 0.1) is 0 Å². The summed E-state index contributed by atoms with van der Waals surface area (Å²) in [6, 6.07) is 19.0. The molecule has 4 nitrogen and oxygen atoms in total. The van der Waals surface area contributed by atoms with Gasteiger partial charge >= 0.3 is 0 Å². The number of aromatic nitrogens is 1. The summed E-state index contributed by atoms with van der Waals surface area (Å²) < 4.78 is 11.3. The van der Waals surface area contributed by atoms with Crippen molar-refractivity contribution in [1.82, 2.24) is 10.3 Å². The van der Waals surface area contributed by atoms with Crippen LogP contribution in [0.15, 0.2) is 66.9 Å². The van der Waals surface area contributed by atoms with Gasteiger partial charge in [-0.25, -0.2) is 4.98 Å². The summed E-state index contributed by atoms with van der Waals surface area (Å²) in [6.45, 7) is 2.39. The molecule has 0 spiro atoms. The maximum Gasteiger partial charge on any atom is 0.213 e. The second-order valence-electron chi connectivity index (χ2n) is 5.83. The van der Waals surface area contributed by atoms with Crippen molar-refractivity contribution < 1.29 is 9.47 Å². The van der Waals surface area contributed by atoms with Gasteiger partial charge < -0.3 is 14.8 Å². The van der Waals surface area contributed by atoms with Crippen LogP contribution in [0.1, 0.15) is 11.1 Å². The summed E-state index contributed by atoms with van der Waals surface area (Å²) >= 11 is 12.3. The van der Waals surface area contributed by atoms with E-state index < -0.39 is 0 Å². The van der Waals surface area contributed by atoms with E-state index in [0.29, 0.717) is 29.1 Å². The highest BCUT2D eigenvalue weighted by Crippen LogP contribution is 2.25. The largest absolute Gasteiger partial charge is 0.489 e. The number of benzene rings is 2. The minimum absolute atomic E-state index is 0.334. The molecule has 0 bridgehead atoms. The van der Waals surface area contributed by atoms with Crippen LogP contribution in [0.2, 0.25) is 10.0 Å². The highest BCUT2D eigenvalue weighted by molar-refractivity contribution is 6.35. The lowest BCUT2D eigenvalue weighted by Crippen LogP contribution is -2.20. The molecule has 1 aromatic heterocycles. The molecule has 1 heterocycles. The van der Waals surface area contributed by atoms with Crippen molar-refractivity contribution in [3.63, 3.8) is 0 Å². The molecular weight excluding hydrogens is 383 g/mol. The van der Waals surface area contributed by atoms with Crippen LogP contribution in [-0.4, -0.2) is 18.1 Å². The number of nitrogens with one attached hydrogen (secondary N) is 1. The third-order valence-electron chi connectivity index (χ3n) is 3.86. The lowest BCUT2D eigenvalue weighted by molar-refractivity contribution is 0.301. The van der Waals surface area contributed by atoms with Gasteiger partial charge in [0.2, 0.25) is 5.88 Å². The van der Waals surface area contributed by atoms with Gasteiger partial charge in [0.15, 0.2) is 0 Å². The third kappa shape index (κ3) is 6.14. The predicted octanol–water partition coefficient (Wildman–Crippen LogP) is 5.14. The van der Waals surface area contributed by atoms with Crippen molar-refractivity contribution in [2.24, 2.45) is 0 Å². The van der Waals surface area contributed by atoms with Crippen LogP contribution < -0.4 is 14.8 Å². The Kier molecular flexibility index (Phi) is 7.34. The first-order valence-electron chi connectivity index (χ1n) is 8.61.